The SMILES string of the molecule is O=C(N/N=C/c1c(O)n(Cc2ccc(F)cc2)c(=O)[nH]c1=O)c1ccccc1Cl. The van der Waals surface area contributed by atoms with E-state index >= 15 is 0 Å². The van der Waals surface area contributed by atoms with Gasteiger partial charge in [0.25, 0.3) is 11.5 Å². The Hall–Kier alpha value is -3.72. The molecule has 0 fully saturated rings. The van der Waals surface area contributed by atoms with Crippen LogP contribution in [-0.4, -0.2) is 26.8 Å². The number of aromatic nitrogens is 2. The first-order valence-electron chi connectivity index (χ1n) is 8.25. The summed E-state index contributed by atoms with van der Waals surface area (Å²) in [6.45, 7) is -0.117. The van der Waals surface area contributed by atoms with Gasteiger partial charge in [0.2, 0.25) is 5.88 Å². The van der Waals surface area contributed by atoms with Crippen molar-refractivity contribution in [2.24, 2.45) is 5.10 Å². The number of aromatic amines is 1. The largest absolute Gasteiger partial charge is 0.494 e. The van der Waals surface area contributed by atoms with Crippen LogP contribution in [0.2, 0.25) is 5.02 Å². The molecule has 10 heteroatoms. The molecule has 3 aromatic rings. The second kappa shape index (κ2) is 8.53. The van der Waals surface area contributed by atoms with Crippen molar-refractivity contribution in [2.75, 3.05) is 0 Å². The fraction of sp³-hybridized carbons (Fsp3) is 0.0526. The molecule has 3 N–H and O–H groups in total. The minimum absolute atomic E-state index is 0.117. The number of carbonyl (C=O) groups is 1. The van der Waals surface area contributed by atoms with E-state index in [4.69, 9.17) is 11.6 Å². The van der Waals surface area contributed by atoms with Gasteiger partial charge in [-0.3, -0.25) is 19.1 Å². The predicted molar refractivity (Wildman–Crippen MR) is 105 cm³/mol. The van der Waals surface area contributed by atoms with E-state index < -0.39 is 28.9 Å². The summed E-state index contributed by atoms with van der Waals surface area (Å²) in [5.74, 6) is -1.73. The molecule has 8 nitrogen and oxygen atoms in total. The van der Waals surface area contributed by atoms with E-state index in [2.05, 4.69) is 15.5 Å². The summed E-state index contributed by atoms with van der Waals surface area (Å²) < 4.78 is 13.9. The lowest BCUT2D eigenvalue weighted by Crippen LogP contribution is -2.32. The van der Waals surface area contributed by atoms with E-state index in [1.54, 1.807) is 12.1 Å². The highest BCUT2D eigenvalue weighted by atomic mass is 35.5. The maximum absolute atomic E-state index is 13.0. The Labute approximate surface area is 167 Å². The fourth-order valence-electron chi connectivity index (χ4n) is 2.47. The van der Waals surface area contributed by atoms with Gasteiger partial charge in [-0.2, -0.15) is 5.10 Å². The number of nitrogens with zero attached hydrogens (tertiary/aromatic N) is 2. The zero-order valence-electron chi connectivity index (χ0n) is 14.7. The summed E-state index contributed by atoms with van der Waals surface area (Å²) >= 11 is 5.92. The first kappa shape index (κ1) is 20.0. The van der Waals surface area contributed by atoms with Crippen LogP contribution in [0.15, 0.2) is 63.2 Å². The molecule has 0 unspecified atom stereocenters. The summed E-state index contributed by atoms with van der Waals surface area (Å²) in [6, 6.07) is 11.6. The third kappa shape index (κ3) is 4.58. The van der Waals surface area contributed by atoms with Crippen LogP contribution in [0.25, 0.3) is 0 Å². The number of rotatable bonds is 5. The summed E-state index contributed by atoms with van der Waals surface area (Å²) in [5, 5.41) is 14.2. The number of benzene rings is 2. The molecule has 1 amide bonds. The molecule has 2 aromatic carbocycles. The highest BCUT2D eigenvalue weighted by molar-refractivity contribution is 6.33. The van der Waals surface area contributed by atoms with Gasteiger partial charge >= 0.3 is 5.69 Å². The molecule has 0 saturated carbocycles. The average Bonchev–Trinajstić information content (AvgIpc) is 2.69. The molecule has 0 saturated heterocycles. The lowest BCUT2D eigenvalue weighted by Gasteiger charge is -2.09. The zero-order chi connectivity index (χ0) is 21.0. The second-order valence-electron chi connectivity index (χ2n) is 5.89. The van der Waals surface area contributed by atoms with Crippen molar-refractivity contribution in [3.8, 4) is 5.88 Å². The van der Waals surface area contributed by atoms with Crippen LogP contribution in [0.5, 0.6) is 5.88 Å². The van der Waals surface area contributed by atoms with Gasteiger partial charge in [-0.05, 0) is 29.8 Å². The third-order valence-corrected chi connectivity index (χ3v) is 4.27. The van der Waals surface area contributed by atoms with Crippen LogP contribution >= 0.6 is 11.6 Å². The number of halogens is 2. The number of H-pyrrole nitrogens is 1. The summed E-state index contributed by atoms with van der Waals surface area (Å²) in [7, 11) is 0. The molecule has 0 spiro atoms. The Balaban J connectivity index is 1.85. The number of carbonyl (C=O) groups excluding carboxylic acids is 1. The Morgan fingerprint density at radius 3 is 2.59 bits per heavy atom. The summed E-state index contributed by atoms with van der Waals surface area (Å²) in [6.07, 6.45) is 0.906. The monoisotopic (exact) mass is 416 g/mol. The van der Waals surface area contributed by atoms with Crippen molar-refractivity contribution in [2.45, 2.75) is 6.54 Å². The van der Waals surface area contributed by atoms with Crippen molar-refractivity contribution in [3.05, 3.63) is 96.9 Å². The zero-order valence-corrected chi connectivity index (χ0v) is 15.5. The normalized spacial score (nSPS) is 11.0. The maximum Gasteiger partial charge on any atom is 0.331 e. The Bertz CT molecular complexity index is 1200. The van der Waals surface area contributed by atoms with Gasteiger partial charge in [0.05, 0.1) is 23.3 Å². The molecule has 29 heavy (non-hydrogen) atoms. The first-order chi connectivity index (χ1) is 13.9. The summed E-state index contributed by atoms with van der Waals surface area (Å²) in [4.78, 5) is 38.2. The van der Waals surface area contributed by atoms with Gasteiger partial charge < -0.3 is 5.11 Å². The molecular formula is C19H14ClFN4O4. The summed E-state index contributed by atoms with van der Waals surface area (Å²) in [5.41, 5.74) is 0.793. The van der Waals surface area contributed by atoms with E-state index in [9.17, 15) is 23.9 Å². The van der Waals surface area contributed by atoms with E-state index in [0.29, 0.717) is 5.56 Å². The lowest BCUT2D eigenvalue weighted by molar-refractivity contribution is 0.0955. The predicted octanol–water partition coefficient (Wildman–Crippen LogP) is 1.85. The number of amides is 1. The standard InChI is InChI=1S/C19H14ClFN4O4/c20-15-4-2-1-3-13(15)17(27)24-22-9-14-16(26)23-19(29)25(18(14)28)10-11-5-7-12(21)8-6-11/h1-9,28H,10H2,(H,24,27)(H,23,26,29)/b22-9+. The Kier molecular flexibility index (Phi) is 5.89. The number of aromatic hydroxyl groups is 1. The van der Waals surface area contributed by atoms with Crippen LogP contribution in [0.4, 0.5) is 4.39 Å². The van der Waals surface area contributed by atoms with Crippen molar-refractivity contribution < 1.29 is 14.3 Å². The van der Waals surface area contributed by atoms with Crippen molar-refractivity contribution in [3.63, 3.8) is 0 Å². The molecule has 0 radical (unpaired) electrons. The maximum atomic E-state index is 13.0. The minimum Gasteiger partial charge on any atom is -0.494 e. The van der Waals surface area contributed by atoms with Crippen LogP contribution in [0, 0.1) is 5.82 Å². The topological polar surface area (TPSA) is 117 Å². The van der Waals surface area contributed by atoms with E-state index in [1.165, 1.54) is 36.4 Å². The molecule has 0 aliphatic heterocycles. The number of hydrazone groups is 1. The average molecular weight is 417 g/mol. The molecule has 1 aromatic heterocycles. The fourth-order valence-corrected chi connectivity index (χ4v) is 2.69. The highest BCUT2D eigenvalue weighted by Crippen LogP contribution is 2.15. The Morgan fingerprint density at radius 2 is 1.90 bits per heavy atom. The van der Waals surface area contributed by atoms with Crippen LogP contribution in [-0.2, 0) is 6.54 Å². The molecule has 148 valence electrons. The van der Waals surface area contributed by atoms with Gasteiger partial charge in [-0.1, -0.05) is 35.9 Å². The van der Waals surface area contributed by atoms with E-state index in [-0.39, 0.29) is 22.7 Å². The van der Waals surface area contributed by atoms with Crippen molar-refractivity contribution in [1.82, 2.24) is 15.0 Å². The van der Waals surface area contributed by atoms with Crippen LogP contribution < -0.4 is 16.7 Å². The van der Waals surface area contributed by atoms with Gasteiger partial charge in [0.15, 0.2) is 0 Å². The molecule has 3 rings (SSSR count). The molecule has 0 bridgehead atoms. The Morgan fingerprint density at radius 1 is 1.21 bits per heavy atom. The van der Waals surface area contributed by atoms with Crippen molar-refractivity contribution in [1.29, 1.82) is 0 Å². The van der Waals surface area contributed by atoms with Crippen molar-refractivity contribution >= 4 is 23.7 Å². The minimum atomic E-state index is -0.890. The first-order valence-corrected chi connectivity index (χ1v) is 8.63. The van der Waals surface area contributed by atoms with Gasteiger partial charge in [0, 0.05) is 0 Å². The third-order valence-electron chi connectivity index (χ3n) is 3.94. The quantitative estimate of drug-likeness (QED) is 0.434. The number of hydrogen-bond donors (Lipinski definition) is 3. The number of nitrogens with one attached hydrogen (secondary N) is 2. The molecule has 0 aliphatic carbocycles. The molecular weight excluding hydrogens is 403 g/mol. The lowest BCUT2D eigenvalue weighted by atomic mass is 10.2. The molecule has 0 aliphatic rings. The smallest absolute Gasteiger partial charge is 0.331 e. The van der Waals surface area contributed by atoms with Crippen LogP contribution in [0.3, 0.4) is 0 Å². The molecule has 0 atom stereocenters. The van der Waals surface area contributed by atoms with E-state index in [1.807, 2.05) is 0 Å². The van der Waals surface area contributed by atoms with E-state index in [0.717, 1.165) is 10.8 Å². The number of hydrogen-bond acceptors (Lipinski definition) is 5. The second-order valence-corrected chi connectivity index (χ2v) is 6.30. The van der Waals surface area contributed by atoms with Crippen LogP contribution in [0.1, 0.15) is 21.5 Å². The van der Waals surface area contributed by atoms with Gasteiger partial charge in [-0.25, -0.2) is 14.6 Å². The highest BCUT2D eigenvalue weighted by Gasteiger charge is 2.14. The van der Waals surface area contributed by atoms with Gasteiger partial charge in [-0.15, -0.1) is 0 Å². The molecule has 1 heterocycles. The van der Waals surface area contributed by atoms with Gasteiger partial charge in [0.1, 0.15) is 11.4 Å².